The maximum absolute atomic E-state index is 14.1. The minimum Gasteiger partial charge on any atom is -0.448 e. The molecule has 9 heteroatoms. The van der Waals surface area contributed by atoms with Gasteiger partial charge in [0.2, 0.25) is 5.60 Å². The van der Waals surface area contributed by atoms with Gasteiger partial charge in [0, 0.05) is 22.7 Å². The van der Waals surface area contributed by atoms with Gasteiger partial charge in [0.1, 0.15) is 6.54 Å². The Bertz CT molecular complexity index is 609. The number of hydrogen-bond donors (Lipinski definition) is 1. The molecule has 0 aliphatic carbocycles. The third-order valence-corrected chi connectivity index (χ3v) is 3.44. The predicted molar refractivity (Wildman–Crippen MR) is 68.0 cm³/mol. The highest BCUT2D eigenvalue weighted by Crippen LogP contribution is 2.46. The molecule has 1 atom stereocenters. The fraction of sp³-hybridized carbons (Fsp3) is 0.364. The van der Waals surface area contributed by atoms with E-state index in [2.05, 4.69) is 4.99 Å². The van der Waals surface area contributed by atoms with E-state index in [4.69, 9.17) is 22.1 Å². The molecule has 2 rings (SSSR count). The highest BCUT2D eigenvalue weighted by Gasteiger charge is 2.57. The van der Waals surface area contributed by atoms with Gasteiger partial charge in [-0.05, 0) is 13.0 Å². The monoisotopic (exact) mass is 305 g/mol. The first-order chi connectivity index (χ1) is 9.17. The molecule has 6 nitrogen and oxygen atoms in total. The molecule has 0 spiro atoms. The number of rotatable bonds is 2. The fourth-order valence-electron chi connectivity index (χ4n) is 1.89. The molecule has 108 valence electrons. The van der Waals surface area contributed by atoms with Gasteiger partial charge in [0.25, 0.3) is 11.7 Å². The minimum atomic E-state index is -3.41. The predicted octanol–water partition coefficient (Wildman–Crippen LogP) is 2.44. The number of halogens is 3. The van der Waals surface area contributed by atoms with Crippen LogP contribution in [0, 0.1) is 10.1 Å². The van der Waals surface area contributed by atoms with Crippen LogP contribution >= 0.6 is 11.6 Å². The second kappa shape index (κ2) is 4.55. The van der Waals surface area contributed by atoms with Gasteiger partial charge < -0.3 is 10.5 Å². The zero-order chi connectivity index (χ0) is 15.1. The van der Waals surface area contributed by atoms with Crippen molar-refractivity contribution < 1.29 is 18.4 Å². The lowest BCUT2D eigenvalue weighted by Crippen LogP contribution is -2.53. The second-order valence-electron chi connectivity index (χ2n) is 4.42. The van der Waals surface area contributed by atoms with E-state index >= 15 is 0 Å². The molecule has 0 saturated carbocycles. The summed E-state index contributed by atoms with van der Waals surface area (Å²) in [6.45, 7) is 0.188. The normalized spacial score (nSPS) is 24.7. The van der Waals surface area contributed by atoms with Gasteiger partial charge in [-0.1, -0.05) is 11.6 Å². The van der Waals surface area contributed by atoms with E-state index in [0.29, 0.717) is 0 Å². The summed E-state index contributed by atoms with van der Waals surface area (Å²) in [5.74, 6) is -3.41. The number of nitro benzene ring substituents is 1. The summed E-state index contributed by atoms with van der Waals surface area (Å²) < 4.78 is 33.2. The van der Waals surface area contributed by atoms with Crippen LogP contribution in [0.1, 0.15) is 12.5 Å². The van der Waals surface area contributed by atoms with Crippen LogP contribution in [-0.2, 0) is 10.3 Å². The summed E-state index contributed by atoms with van der Waals surface area (Å²) in [6.07, 6.45) is 0. The summed E-state index contributed by atoms with van der Waals surface area (Å²) >= 11 is 5.88. The number of ether oxygens (including phenoxy) is 1. The number of non-ortho nitro benzene ring substituents is 1. The Morgan fingerprint density at radius 1 is 1.55 bits per heavy atom. The van der Waals surface area contributed by atoms with E-state index in [0.717, 1.165) is 19.1 Å². The lowest BCUT2D eigenvalue weighted by molar-refractivity contribution is -0.385. The van der Waals surface area contributed by atoms with Crippen LogP contribution < -0.4 is 5.73 Å². The average Bonchev–Trinajstić information content (AvgIpc) is 2.35. The molecular weight excluding hydrogens is 296 g/mol. The number of alkyl halides is 2. The molecule has 1 aliphatic heterocycles. The van der Waals surface area contributed by atoms with E-state index in [9.17, 15) is 18.9 Å². The zero-order valence-corrected chi connectivity index (χ0v) is 11.0. The molecular formula is C11H10ClF2N3O3. The van der Waals surface area contributed by atoms with Crippen molar-refractivity contribution in [3.8, 4) is 0 Å². The molecule has 1 heterocycles. The van der Waals surface area contributed by atoms with Crippen molar-refractivity contribution >= 4 is 23.3 Å². The molecule has 0 radical (unpaired) electrons. The van der Waals surface area contributed by atoms with Crippen molar-refractivity contribution in [2.24, 2.45) is 10.7 Å². The smallest absolute Gasteiger partial charge is 0.310 e. The van der Waals surface area contributed by atoms with E-state index in [1.807, 2.05) is 0 Å². The Labute approximate surface area is 117 Å². The van der Waals surface area contributed by atoms with Crippen molar-refractivity contribution in [1.82, 2.24) is 0 Å². The first kappa shape index (κ1) is 14.4. The van der Waals surface area contributed by atoms with E-state index < -0.39 is 29.0 Å². The van der Waals surface area contributed by atoms with Gasteiger partial charge in [0.05, 0.1) is 4.92 Å². The summed E-state index contributed by atoms with van der Waals surface area (Å²) in [5.41, 5.74) is 2.53. The van der Waals surface area contributed by atoms with Crippen LogP contribution in [0.15, 0.2) is 23.2 Å². The fourth-order valence-corrected chi connectivity index (χ4v) is 2.19. The Kier molecular flexibility index (Phi) is 3.29. The molecule has 1 aromatic rings. The minimum absolute atomic E-state index is 0.0764. The molecule has 20 heavy (non-hydrogen) atoms. The number of nitro groups is 1. The standard InChI is InChI=1S/C11H10ClF2N3O3/c1-10(11(13,14)5-16-9(15)20-10)7-4-6(17(18)19)2-3-8(7)12/h2-4H,5H2,1H3,(H2,15,16)/t10-/m1/s1. The summed E-state index contributed by atoms with van der Waals surface area (Å²) in [5, 5.41) is 10.7. The Balaban J connectivity index is 2.61. The Hall–Kier alpha value is -1.96. The Morgan fingerprint density at radius 3 is 2.80 bits per heavy atom. The van der Waals surface area contributed by atoms with Crippen molar-refractivity contribution in [3.05, 3.63) is 38.9 Å². The van der Waals surface area contributed by atoms with Crippen LogP contribution in [-0.4, -0.2) is 23.4 Å². The highest BCUT2D eigenvalue weighted by molar-refractivity contribution is 6.31. The summed E-state index contributed by atoms with van der Waals surface area (Å²) in [6, 6.07) is 2.82. The number of nitrogens with zero attached hydrogens (tertiary/aromatic N) is 2. The molecule has 0 fully saturated rings. The summed E-state index contributed by atoms with van der Waals surface area (Å²) in [7, 11) is 0. The van der Waals surface area contributed by atoms with Gasteiger partial charge >= 0.3 is 5.92 Å². The molecule has 1 aliphatic rings. The molecule has 1 aromatic carbocycles. The molecule has 2 N–H and O–H groups in total. The lowest BCUT2D eigenvalue weighted by atomic mass is 9.87. The van der Waals surface area contributed by atoms with Crippen molar-refractivity contribution in [2.75, 3.05) is 6.54 Å². The van der Waals surface area contributed by atoms with Gasteiger partial charge in [-0.3, -0.25) is 10.1 Å². The maximum Gasteiger partial charge on any atom is 0.310 e. The number of nitrogens with two attached hydrogens (primary N) is 1. The van der Waals surface area contributed by atoms with Crippen LogP contribution in [0.2, 0.25) is 5.02 Å². The average molecular weight is 306 g/mol. The van der Waals surface area contributed by atoms with Crippen LogP contribution in [0.25, 0.3) is 0 Å². The van der Waals surface area contributed by atoms with E-state index in [1.165, 1.54) is 6.07 Å². The molecule has 0 amide bonds. The van der Waals surface area contributed by atoms with Crippen LogP contribution in [0.4, 0.5) is 14.5 Å². The van der Waals surface area contributed by atoms with Crippen LogP contribution in [0.3, 0.4) is 0 Å². The topological polar surface area (TPSA) is 90.8 Å². The second-order valence-corrected chi connectivity index (χ2v) is 4.82. The van der Waals surface area contributed by atoms with Crippen LogP contribution in [0.5, 0.6) is 0 Å². The number of benzene rings is 1. The third kappa shape index (κ3) is 2.15. The molecule has 0 unspecified atom stereocenters. The van der Waals surface area contributed by atoms with Crippen molar-refractivity contribution in [3.63, 3.8) is 0 Å². The molecule has 0 bridgehead atoms. The quantitative estimate of drug-likeness (QED) is 0.671. The van der Waals surface area contributed by atoms with Crippen molar-refractivity contribution in [1.29, 1.82) is 0 Å². The first-order valence-electron chi connectivity index (χ1n) is 5.48. The van der Waals surface area contributed by atoms with E-state index in [1.54, 1.807) is 0 Å². The number of amidine groups is 1. The SMILES string of the molecule is C[C@]1(c2cc([N+](=O)[O-])ccc2Cl)OC(N)=NCC1(F)F. The van der Waals surface area contributed by atoms with Gasteiger partial charge in [-0.25, -0.2) is 4.99 Å². The van der Waals surface area contributed by atoms with Crippen molar-refractivity contribution in [2.45, 2.75) is 18.4 Å². The number of hydrogen-bond acceptors (Lipinski definition) is 5. The van der Waals surface area contributed by atoms with E-state index in [-0.39, 0.29) is 16.3 Å². The largest absolute Gasteiger partial charge is 0.448 e. The first-order valence-corrected chi connectivity index (χ1v) is 5.86. The van der Waals surface area contributed by atoms with Gasteiger partial charge in [0.15, 0.2) is 0 Å². The molecule has 0 aromatic heterocycles. The summed E-state index contributed by atoms with van der Waals surface area (Å²) in [4.78, 5) is 13.4. The maximum atomic E-state index is 14.1. The zero-order valence-electron chi connectivity index (χ0n) is 10.3. The van der Waals surface area contributed by atoms with Gasteiger partial charge in [-0.15, -0.1) is 0 Å². The number of aliphatic imine (C=N–C) groups is 1. The highest BCUT2D eigenvalue weighted by atomic mass is 35.5. The van der Waals surface area contributed by atoms with Gasteiger partial charge in [-0.2, -0.15) is 8.78 Å². The lowest BCUT2D eigenvalue weighted by Gasteiger charge is -2.39. The molecule has 0 saturated heterocycles. The third-order valence-electron chi connectivity index (χ3n) is 3.11. The Morgan fingerprint density at radius 2 is 2.20 bits per heavy atom.